The monoisotopic (exact) mass is 422 g/mol. The molecule has 6 rings (SSSR count). The number of carboxylic acids is 1. The van der Waals surface area contributed by atoms with E-state index >= 15 is 0 Å². The van der Waals surface area contributed by atoms with Crippen LogP contribution in [-0.2, 0) is 4.79 Å². The van der Waals surface area contributed by atoms with Crippen LogP contribution in [0.5, 0.6) is 0 Å². The maximum absolute atomic E-state index is 12.3. The first kappa shape index (κ1) is 19.2. The molecule has 8 nitrogen and oxygen atoms in total. The maximum atomic E-state index is 12.3. The number of aromatic amines is 1. The lowest BCUT2D eigenvalue weighted by molar-refractivity contribution is -0.145. The van der Waals surface area contributed by atoms with Gasteiger partial charge < -0.3 is 10.1 Å². The van der Waals surface area contributed by atoms with Gasteiger partial charge in [-0.1, -0.05) is 32.6 Å². The molecule has 1 saturated heterocycles. The Labute approximate surface area is 181 Å². The lowest BCUT2D eigenvalue weighted by Gasteiger charge is -2.36. The van der Waals surface area contributed by atoms with E-state index in [-0.39, 0.29) is 12.0 Å². The van der Waals surface area contributed by atoms with Crippen molar-refractivity contribution in [3.05, 3.63) is 24.3 Å². The number of nitrogens with one attached hydrogen (secondary N) is 1. The first-order valence-electron chi connectivity index (χ1n) is 11.8. The number of likely N-dealkylation sites (tertiary alicyclic amines) is 1. The lowest BCUT2D eigenvalue weighted by atomic mass is 9.73. The molecule has 0 radical (unpaired) electrons. The summed E-state index contributed by atoms with van der Waals surface area (Å²) >= 11 is 0. The van der Waals surface area contributed by atoms with Crippen molar-refractivity contribution in [2.75, 3.05) is 6.54 Å². The van der Waals surface area contributed by atoms with Gasteiger partial charge in [-0.2, -0.15) is 0 Å². The standard InChI is InChI=1S/C23H30N6O2/c1-2-13-10-15(28-9-7-16(14-4-3-5-14)20(28)23(30)31)11-17(13)22-27-26-19-12-25-21-18(29(19)22)6-8-24-21/h6,8,12-17,20,24H,2-5,7,9-11H2,1H3,(H,30,31)/t13-,15+,16?,17+,20+/m1/s1. The third-order valence-electron chi connectivity index (χ3n) is 8.45. The summed E-state index contributed by atoms with van der Waals surface area (Å²) in [6, 6.07) is 2.01. The second-order valence-electron chi connectivity index (χ2n) is 9.79. The van der Waals surface area contributed by atoms with Crippen LogP contribution in [0.15, 0.2) is 18.5 Å². The van der Waals surface area contributed by atoms with Gasteiger partial charge >= 0.3 is 5.97 Å². The summed E-state index contributed by atoms with van der Waals surface area (Å²) in [4.78, 5) is 22.3. The molecular weight excluding hydrogens is 392 g/mol. The van der Waals surface area contributed by atoms with Crippen LogP contribution in [-0.4, -0.2) is 59.2 Å². The van der Waals surface area contributed by atoms with E-state index in [4.69, 9.17) is 0 Å². The number of hydrogen-bond acceptors (Lipinski definition) is 5. The topological polar surface area (TPSA) is 99.4 Å². The van der Waals surface area contributed by atoms with Crippen LogP contribution in [0.4, 0.5) is 0 Å². The third kappa shape index (κ3) is 2.91. The molecule has 5 atom stereocenters. The predicted molar refractivity (Wildman–Crippen MR) is 116 cm³/mol. The van der Waals surface area contributed by atoms with E-state index in [1.165, 1.54) is 19.3 Å². The molecule has 0 aromatic carbocycles. The predicted octanol–water partition coefficient (Wildman–Crippen LogP) is 3.45. The summed E-state index contributed by atoms with van der Waals surface area (Å²) < 4.78 is 2.14. The summed E-state index contributed by atoms with van der Waals surface area (Å²) in [5.41, 5.74) is 2.62. The van der Waals surface area contributed by atoms with Gasteiger partial charge in [0.1, 0.15) is 11.9 Å². The molecule has 0 spiro atoms. The van der Waals surface area contributed by atoms with Gasteiger partial charge in [0.2, 0.25) is 0 Å². The molecule has 2 aliphatic carbocycles. The van der Waals surface area contributed by atoms with Crippen LogP contribution in [0.1, 0.15) is 63.6 Å². The van der Waals surface area contributed by atoms with E-state index in [0.29, 0.717) is 23.8 Å². The molecule has 2 saturated carbocycles. The number of aromatic nitrogens is 5. The van der Waals surface area contributed by atoms with Crippen LogP contribution >= 0.6 is 0 Å². The van der Waals surface area contributed by atoms with Crippen LogP contribution < -0.4 is 0 Å². The molecule has 3 aromatic rings. The molecule has 0 amide bonds. The Balaban J connectivity index is 1.32. The Morgan fingerprint density at radius 2 is 2.13 bits per heavy atom. The number of carboxylic acid groups (broad SMARTS) is 1. The third-order valence-corrected chi connectivity index (χ3v) is 8.45. The number of hydrogen-bond donors (Lipinski definition) is 2. The van der Waals surface area contributed by atoms with Gasteiger partial charge in [-0.15, -0.1) is 10.2 Å². The molecule has 3 aromatic heterocycles. The van der Waals surface area contributed by atoms with E-state index in [0.717, 1.165) is 54.9 Å². The Morgan fingerprint density at radius 3 is 2.87 bits per heavy atom. The van der Waals surface area contributed by atoms with Gasteiger partial charge in [0, 0.05) is 18.2 Å². The average Bonchev–Trinajstić information content (AvgIpc) is 3.48. The van der Waals surface area contributed by atoms with Crippen LogP contribution in [0.25, 0.3) is 16.8 Å². The fourth-order valence-electron chi connectivity index (χ4n) is 6.71. The number of H-pyrrole nitrogens is 1. The highest BCUT2D eigenvalue weighted by Gasteiger charge is 2.50. The second kappa shape index (κ2) is 7.29. The number of fused-ring (bicyclic) bond motifs is 3. The minimum absolute atomic E-state index is 0.280. The smallest absolute Gasteiger partial charge is 0.321 e. The summed E-state index contributed by atoms with van der Waals surface area (Å²) in [5.74, 6) is 2.07. The number of carbonyl (C=O) groups is 1. The first-order chi connectivity index (χ1) is 15.2. The zero-order valence-corrected chi connectivity index (χ0v) is 17.9. The Bertz CT molecular complexity index is 1120. The maximum Gasteiger partial charge on any atom is 0.321 e. The van der Waals surface area contributed by atoms with E-state index in [2.05, 4.69) is 36.4 Å². The minimum Gasteiger partial charge on any atom is -0.480 e. The van der Waals surface area contributed by atoms with Crippen molar-refractivity contribution < 1.29 is 9.90 Å². The highest BCUT2D eigenvalue weighted by molar-refractivity contribution is 5.75. The van der Waals surface area contributed by atoms with Crippen LogP contribution in [0.2, 0.25) is 0 Å². The Hall–Kier alpha value is -2.48. The van der Waals surface area contributed by atoms with Gasteiger partial charge in [0.25, 0.3) is 0 Å². The van der Waals surface area contributed by atoms with E-state index in [9.17, 15) is 9.90 Å². The molecule has 164 valence electrons. The van der Waals surface area contributed by atoms with Crippen molar-refractivity contribution in [3.63, 3.8) is 0 Å². The molecular formula is C23H30N6O2. The molecule has 3 aliphatic rings. The summed E-state index contributed by atoms with van der Waals surface area (Å²) in [6.07, 6.45) is 11.4. The van der Waals surface area contributed by atoms with Crippen molar-refractivity contribution in [1.82, 2.24) is 29.5 Å². The Morgan fingerprint density at radius 1 is 1.26 bits per heavy atom. The van der Waals surface area contributed by atoms with Crippen molar-refractivity contribution in [3.8, 4) is 0 Å². The molecule has 1 unspecified atom stereocenters. The summed E-state index contributed by atoms with van der Waals surface area (Å²) in [6.45, 7) is 3.16. The average molecular weight is 423 g/mol. The first-order valence-corrected chi connectivity index (χ1v) is 11.8. The number of nitrogens with zero attached hydrogens (tertiary/aromatic N) is 5. The van der Waals surface area contributed by atoms with Gasteiger partial charge in [0.15, 0.2) is 11.3 Å². The molecule has 3 fully saturated rings. The summed E-state index contributed by atoms with van der Waals surface area (Å²) in [7, 11) is 0. The van der Waals surface area contributed by atoms with Gasteiger partial charge in [0.05, 0.1) is 11.7 Å². The molecule has 2 N–H and O–H groups in total. The largest absolute Gasteiger partial charge is 0.480 e. The normalized spacial score (nSPS) is 32.2. The summed E-state index contributed by atoms with van der Waals surface area (Å²) in [5, 5.41) is 19.1. The van der Waals surface area contributed by atoms with Gasteiger partial charge in [-0.3, -0.25) is 14.1 Å². The van der Waals surface area contributed by atoms with E-state index < -0.39 is 5.97 Å². The highest BCUT2D eigenvalue weighted by Crippen LogP contribution is 2.48. The minimum atomic E-state index is -0.626. The molecule has 31 heavy (non-hydrogen) atoms. The van der Waals surface area contributed by atoms with Crippen molar-refractivity contribution >= 4 is 22.8 Å². The van der Waals surface area contributed by atoms with E-state index in [1.807, 2.05) is 12.3 Å². The van der Waals surface area contributed by atoms with Gasteiger partial charge in [-0.05, 0) is 49.6 Å². The molecule has 4 heterocycles. The SMILES string of the molecule is CC[C@@H]1C[C@H](N2CCC(C3CCC3)[C@H]2C(=O)O)C[C@@H]1c1nnc2cnc3[nH]ccc3n12. The quantitative estimate of drug-likeness (QED) is 0.653. The van der Waals surface area contributed by atoms with Crippen molar-refractivity contribution in [2.45, 2.75) is 69.9 Å². The number of aliphatic carboxylic acids is 1. The zero-order valence-electron chi connectivity index (χ0n) is 17.9. The van der Waals surface area contributed by atoms with Crippen molar-refractivity contribution in [1.29, 1.82) is 0 Å². The van der Waals surface area contributed by atoms with Crippen LogP contribution in [0, 0.1) is 17.8 Å². The van der Waals surface area contributed by atoms with Gasteiger partial charge in [-0.25, -0.2) is 4.98 Å². The second-order valence-corrected chi connectivity index (χ2v) is 9.79. The highest BCUT2D eigenvalue weighted by atomic mass is 16.4. The van der Waals surface area contributed by atoms with Crippen molar-refractivity contribution in [2.24, 2.45) is 17.8 Å². The number of rotatable bonds is 5. The van der Waals surface area contributed by atoms with Crippen LogP contribution in [0.3, 0.4) is 0 Å². The Kier molecular flexibility index (Phi) is 4.52. The molecule has 1 aliphatic heterocycles. The zero-order chi connectivity index (χ0) is 21.1. The molecule has 0 bridgehead atoms. The fourth-order valence-corrected chi connectivity index (χ4v) is 6.71. The fraction of sp³-hybridized carbons (Fsp3) is 0.652. The molecule has 8 heteroatoms. The lowest BCUT2D eigenvalue weighted by Crippen LogP contribution is -2.47. The van der Waals surface area contributed by atoms with E-state index in [1.54, 1.807) is 6.20 Å².